The molecule has 1 amide bonds. The maximum atomic E-state index is 13.0. The third-order valence-corrected chi connectivity index (χ3v) is 6.99. The van der Waals surface area contributed by atoms with Gasteiger partial charge in [0.05, 0.1) is 0 Å². The summed E-state index contributed by atoms with van der Waals surface area (Å²) in [5.41, 5.74) is 3.02. The van der Waals surface area contributed by atoms with Gasteiger partial charge in [0.2, 0.25) is 5.91 Å². The van der Waals surface area contributed by atoms with Gasteiger partial charge in [-0.2, -0.15) is 0 Å². The molecule has 2 aliphatic rings. The Bertz CT molecular complexity index is 1570. The molecule has 6 rings (SSSR count). The number of nitrogens with one attached hydrogen (secondary N) is 3. The number of carbonyl (C=O) groups excluding carboxylic acids is 1. The minimum absolute atomic E-state index is 0.00892. The molecule has 2 fully saturated rings. The number of H-pyrrole nitrogens is 1. The second-order valence-corrected chi connectivity index (χ2v) is 9.81. The summed E-state index contributed by atoms with van der Waals surface area (Å²) in [5.74, 6) is 1.58. The minimum Gasteiger partial charge on any atom is -0.366 e. The fourth-order valence-corrected chi connectivity index (χ4v) is 4.50. The van der Waals surface area contributed by atoms with Crippen LogP contribution in [0.4, 0.5) is 5.82 Å². The van der Waals surface area contributed by atoms with Gasteiger partial charge >= 0.3 is 5.69 Å². The zero-order valence-corrected chi connectivity index (χ0v) is 20.7. The van der Waals surface area contributed by atoms with Gasteiger partial charge in [0.15, 0.2) is 5.65 Å². The molecule has 2 saturated carbocycles. The van der Waals surface area contributed by atoms with E-state index in [2.05, 4.69) is 25.6 Å². The van der Waals surface area contributed by atoms with Crippen LogP contribution in [0.1, 0.15) is 49.8 Å². The first-order chi connectivity index (χ1) is 18.0. The molecule has 3 N–H and O–H groups in total. The monoisotopic (exact) mass is 499 g/mol. The lowest BCUT2D eigenvalue weighted by atomic mass is 10.1. The van der Waals surface area contributed by atoms with Gasteiger partial charge in [-0.1, -0.05) is 24.3 Å². The highest BCUT2D eigenvalue weighted by atomic mass is 16.2. The molecule has 0 atom stereocenters. The SMILES string of the molecule is CCn1c(=O)n(C2CC2)c(=O)c2[nH]c(-c3ccc(NCc4ccc(CNC(=O)C5CC5)cc4)nc3)nc21. The van der Waals surface area contributed by atoms with Crippen LogP contribution in [0.5, 0.6) is 0 Å². The van der Waals surface area contributed by atoms with E-state index in [0.717, 1.165) is 42.4 Å². The summed E-state index contributed by atoms with van der Waals surface area (Å²) >= 11 is 0. The number of amides is 1. The number of fused-ring (bicyclic) bond motifs is 1. The third kappa shape index (κ3) is 4.66. The Labute approximate surface area is 212 Å². The average molecular weight is 500 g/mol. The summed E-state index contributed by atoms with van der Waals surface area (Å²) in [5, 5.41) is 6.29. The molecule has 0 radical (unpaired) electrons. The zero-order chi connectivity index (χ0) is 25.5. The molecule has 0 aliphatic heterocycles. The molecule has 0 unspecified atom stereocenters. The van der Waals surface area contributed by atoms with Crippen molar-refractivity contribution in [3.63, 3.8) is 0 Å². The van der Waals surface area contributed by atoms with Crippen molar-refractivity contribution in [3.8, 4) is 11.4 Å². The quantitative estimate of drug-likeness (QED) is 0.325. The largest absolute Gasteiger partial charge is 0.366 e. The number of hydrogen-bond acceptors (Lipinski definition) is 6. The predicted molar refractivity (Wildman–Crippen MR) is 140 cm³/mol. The van der Waals surface area contributed by atoms with Crippen molar-refractivity contribution in [3.05, 3.63) is 74.6 Å². The number of rotatable bonds is 9. The number of anilines is 1. The van der Waals surface area contributed by atoms with Crippen molar-refractivity contribution in [1.82, 2.24) is 29.4 Å². The number of hydrogen-bond donors (Lipinski definition) is 3. The van der Waals surface area contributed by atoms with E-state index in [-0.39, 0.29) is 29.1 Å². The summed E-state index contributed by atoms with van der Waals surface area (Å²) in [4.78, 5) is 49.8. The van der Waals surface area contributed by atoms with Crippen molar-refractivity contribution in [2.45, 2.75) is 58.3 Å². The Morgan fingerprint density at radius 3 is 2.38 bits per heavy atom. The van der Waals surface area contributed by atoms with Crippen LogP contribution >= 0.6 is 0 Å². The van der Waals surface area contributed by atoms with Gasteiger partial charge in [0.1, 0.15) is 17.2 Å². The van der Waals surface area contributed by atoms with Gasteiger partial charge in [-0.05, 0) is 55.9 Å². The topological polar surface area (TPSA) is 127 Å². The molecule has 3 heterocycles. The summed E-state index contributed by atoms with van der Waals surface area (Å²) in [7, 11) is 0. The zero-order valence-electron chi connectivity index (χ0n) is 20.7. The van der Waals surface area contributed by atoms with E-state index in [9.17, 15) is 14.4 Å². The summed E-state index contributed by atoms with van der Waals surface area (Å²) in [6.45, 7) is 3.47. The highest BCUT2D eigenvalue weighted by Gasteiger charge is 2.30. The predicted octanol–water partition coefficient (Wildman–Crippen LogP) is 2.94. The van der Waals surface area contributed by atoms with E-state index in [4.69, 9.17) is 0 Å². The van der Waals surface area contributed by atoms with E-state index in [1.54, 1.807) is 10.8 Å². The Morgan fingerprint density at radius 2 is 1.76 bits per heavy atom. The van der Waals surface area contributed by atoms with Crippen LogP contribution in [0, 0.1) is 5.92 Å². The van der Waals surface area contributed by atoms with Crippen molar-refractivity contribution in [2.24, 2.45) is 5.92 Å². The number of aryl methyl sites for hydroxylation is 1. The molecule has 190 valence electrons. The van der Waals surface area contributed by atoms with Crippen molar-refractivity contribution < 1.29 is 4.79 Å². The summed E-state index contributed by atoms with van der Waals surface area (Å²) in [6, 6.07) is 11.9. The normalized spacial score (nSPS) is 15.2. The summed E-state index contributed by atoms with van der Waals surface area (Å²) < 4.78 is 2.90. The Kier molecular flexibility index (Phi) is 5.86. The van der Waals surface area contributed by atoms with Crippen molar-refractivity contribution in [2.75, 3.05) is 5.32 Å². The maximum Gasteiger partial charge on any atom is 0.332 e. The molecule has 37 heavy (non-hydrogen) atoms. The van der Waals surface area contributed by atoms with Gasteiger partial charge < -0.3 is 15.6 Å². The Morgan fingerprint density at radius 1 is 1.03 bits per heavy atom. The highest BCUT2D eigenvalue weighted by molar-refractivity contribution is 5.80. The van der Waals surface area contributed by atoms with Crippen LogP contribution in [0.3, 0.4) is 0 Å². The number of benzene rings is 1. The molecule has 1 aromatic carbocycles. The minimum atomic E-state index is -0.312. The second-order valence-electron chi connectivity index (χ2n) is 9.81. The molecular formula is C27H29N7O3. The van der Waals surface area contributed by atoms with Crippen LogP contribution in [0.25, 0.3) is 22.6 Å². The van der Waals surface area contributed by atoms with Crippen molar-refractivity contribution in [1.29, 1.82) is 0 Å². The van der Waals surface area contributed by atoms with E-state index in [1.165, 1.54) is 4.57 Å². The molecule has 0 saturated heterocycles. The van der Waals surface area contributed by atoms with E-state index >= 15 is 0 Å². The van der Waals surface area contributed by atoms with Crippen LogP contribution in [-0.4, -0.2) is 30.0 Å². The second kappa shape index (κ2) is 9.34. The van der Waals surface area contributed by atoms with Crippen LogP contribution in [0.2, 0.25) is 0 Å². The first kappa shape index (κ1) is 23.2. The fraction of sp³-hybridized carbons (Fsp3) is 0.370. The number of imidazole rings is 1. The molecule has 10 heteroatoms. The summed E-state index contributed by atoms with van der Waals surface area (Å²) in [6.07, 6.45) is 5.41. The first-order valence-electron chi connectivity index (χ1n) is 12.8. The number of aromatic amines is 1. The molecule has 0 bridgehead atoms. The number of nitrogens with zero attached hydrogens (tertiary/aromatic N) is 4. The van der Waals surface area contributed by atoms with Crippen LogP contribution < -0.4 is 21.9 Å². The standard InChI is InChI=1S/C27H29N7O3/c1-2-33-24-22(26(36)34(27(33)37)20-10-11-20)31-23(32-24)19-9-12-21(29-15-19)28-13-16-3-5-17(6-4-16)14-30-25(35)18-7-8-18/h3-6,9,12,15,18,20H,2,7-8,10-11,13-14H2,1H3,(H,28,29)(H,30,35)(H,31,32). The average Bonchev–Trinajstić information content (AvgIpc) is 3.85. The Balaban J connectivity index is 1.13. The van der Waals surface area contributed by atoms with E-state index in [0.29, 0.717) is 42.4 Å². The lowest BCUT2D eigenvalue weighted by Crippen LogP contribution is -2.39. The van der Waals surface area contributed by atoms with E-state index in [1.807, 2.05) is 43.3 Å². The first-order valence-corrected chi connectivity index (χ1v) is 12.8. The smallest absolute Gasteiger partial charge is 0.332 e. The van der Waals surface area contributed by atoms with Gasteiger partial charge in [0.25, 0.3) is 5.56 Å². The van der Waals surface area contributed by atoms with Crippen LogP contribution in [-0.2, 0) is 24.4 Å². The number of aromatic nitrogens is 5. The van der Waals surface area contributed by atoms with Crippen LogP contribution in [0.15, 0.2) is 52.2 Å². The molecule has 10 nitrogen and oxygen atoms in total. The van der Waals surface area contributed by atoms with Gasteiger partial charge in [0, 0.05) is 43.4 Å². The van der Waals surface area contributed by atoms with Gasteiger partial charge in [-0.25, -0.2) is 14.8 Å². The van der Waals surface area contributed by atoms with E-state index < -0.39 is 0 Å². The number of carbonyl (C=O) groups is 1. The lowest BCUT2D eigenvalue weighted by molar-refractivity contribution is -0.122. The third-order valence-electron chi connectivity index (χ3n) is 6.99. The highest BCUT2D eigenvalue weighted by Crippen LogP contribution is 2.32. The maximum absolute atomic E-state index is 13.0. The number of pyridine rings is 1. The molecular weight excluding hydrogens is 470 g/mol. The fourth-order valence-electron chi connectivity index (χ4n) is 4.50. The lowest BCUT2D eigenvalue weighted by Gasteiger charge is -2.08. The molecule has 2 aliphatic carbocycles. The van der Waals surface area contributed by atoms with Gasteiger partial charge in [-0.3, -0.25) is 18.7 Å². The molecule has 0 spiro atoms. The van der Waals surface area contributed by atoms with Gasteiger partial charge in [-0.15, -0.1) is 0 Å². The molecule has 4 aromatic rings. The molecule has 3 aromatic heterocycles. The Hall–Kier alpha value is -4.21. The van der Waals surface area contributed by atoms with Crippen molar-refractivity contribution >= 4 is 22.9 Å².